The Labute approximate surface area is 134 Å². The Hall–Kier alpha value is -1.71. The van der Waals surface area contributed by atoms with Gasteiger partial charge in [0.05, 0.1) is 7.11 Å². The van der Waals surface area contributed by atoms with E-state index in [0.29, 0.717) is 6.54 Å². The molecule has 0 aliphatic heterocycles. The van der Waals surface area contributed by atoms with Gasteiger partial charge in [-0.2, -0.15) is 0 Å². The van der Waals surface area contributed by atoms with Crippen molar-refractivity contribution < 1.29 is 9.53 Å². The molecule has 1 aromatic rings. The highest BCUT2D eigenvalue weighted by atomic mass is 16.5. The smallest absolute Gasteiger partial charge is 0.315 e. The van der Waals surface area contributed by atoms with Crippen molar-refractivity contribution in [3.8, 4) is 5.75 Å². The first-order chi connectivity index (χ1) is 10.1. The van der Waals surface area contributed by atoms with Gasteiger partial charge in [0.15, 0.2) is 0 Å². The molecule has 1 rings (SSSR count). The molecule has 0 bridgehead atoms. The van der Waals surface area contributed by atoms with Gasteiger partial charge in [-0.15, -0.1) is 0 Å². The van der Waals surface area contributed by atoms with Crippen LogP contribution in [0.5, 0.6) is 5.75 Å². The van der Waals surface area contributed by atoms with Crippen LogP contribution in [0.3, 0.4) is 0 Å². The molecule has 4 nitrogen and oxygen atoms in total. The van der Waals surface area contributed by atoms with Crippen LogP contribution >= 0.6 is 0 Å². The van der Waals surface area contributed by atoms with E-state index in [0.717, 1.165) is 24.2 Å². The van der Waals surface area contributed by atoms with Gasteiger partial charge in [-0.3, -0.25) is 0 Å². The highest BCUT2D eigenvalue weighted by Crippen LogP contribution is 2.26. The molecule has 0 aromatic heterocycles. The number of hydrogen-bond donors (Lipinski definition) is 2. The van der Waals surface area contributed by atoms with Crippen LogP contribution < -0.4 is 15.4 Å². The minimum absolute atomic E-state index is 0.121. The van der Waals surface area contributed by atoms with Gasteiger partial charge >= 0.3 is 6.03 Å². The minimum atomic E-state index is -0.229. The fourth-order valence-corrected chi connectivity index (χ4v) is 2.94. The maximum absolute atomic E-state index is 12.0. The van der Waals surface area contributed by atoms with Crippen LogP contribution in [0.15, 0.2) is 24.3 Å². The van der Waals surface area contributed by atoms with Crippen LogP contribution in [0.25, 0.3) is 0 Å². The number of rotatable bonds is 6. The third-order valence-electron chi connectivity index (χ3n) is 3.30. The molecule has 0 saturated carbocycles. The second-order valence-corrected chi connectivity index (χ2v) is 7.56. The van der Waals surface area contributed by atoms with Gasteiger partial charge in [0.1, 0.15) is 5.75 Å². The van der Waals surface area contributed by atoms with E-state index in [2.05, 4.69) is 45.3 Å². The van der Waals surface area contributed by atoms with Crippen molar-refractivity contribution in [3.63, 3.8) is 0 Å². The van der Waals surface area contributed by atoms with E-state index in [1.807, 2.05) is 24.3 Å². The van der Waals surface area contributed by atoms with Crippen molar-refractivity contribution in [2.45, 2.75) is 53.0 Å². The first-order valence-electron chi connectivity index (χ1n) is 7.81. The van der Waals surface area contributed by atoms with Gasteiger partial charge in [-0.25, -0.2) is 4.79 Å². The quantitative estimate of drug-likeness (QED) is 0.841. The Kier molecular flexibility index (Phi) is 6.27. The second-order valence-electron chi connectivity index (χ2n) is 7.56. The Morgan fingerprint density at radius 3 is 2.36 bits per heavy atom. The molecule has 0 saturated heterocycles. The molecule has 2 amide bonds. The van der Waals surface area contributed by atoms with Gasteiger partial charge in [0, 0.05) is 12.1 Å². The van der Waals surface area contributed by atoms with Crippen molar-refractivity contribution in [3.05, 3.63) is 29.8 Å². The summed E-state index contributed by atoms with van der Waals surface area (Å²) in [7, 11) is 1.66. The Bertz CT molecular complexity index is 490. The first-order valence-corrected chi connectivity index (χ1v) is 7.81. The first kappa shape index (κ1) is 18.3. The summed E-state index contributed by atoms with van der Waals surface area (Å²) in [6.45, 7) is 11.2. The van der Waals surface area contributed by atoms with E-state index in [1.54, 1.807) is 7.11 Å². The lowest BCUT2D eigenvalue weighted by Gasteiger charge is -2.33. The lowest BCUT2D eigenvalue weighted by Crippen LogP contribution is -2.50. The predicted octanol–water partition coefficient (Wildman–Crippen LogP) is 3.75. The highest BCUT2D eigenvalue weighted by Gasteiger charge is 2.26. The van der Waals surface area contributed by atoms with Gasteiger partial charge in [-0.1, -0.05) is 39.0 Å². The van der Waals surface area contributed by atoms with Gasteiger partial charge in [0.2, 0.25) is 0 Å². The summed E-state index contributed by atoms with van der Waals surface area (Å²) in [4.78, 5) is 12.0. The zero-order valence-corrected chi connectivity index (χ0v) is 14.7. The van der Waals surface area contributed by atoms with Gasteiger partial charge in [0.25, 0.3) is 0 Å². The van der Waals surface area contributed by atoms with E-state index in [9.17, 15) is 4.79 Å². The lowest BCUT2D eigenvalue weighted by atomic mass is 9.82. The molecule has 0 fully saturated rings. The molecule has 0 unspecified atom stereocenters. The van der Waals surface area contributed by atoms with Crippen molar-refractivity contribution in [2.75, 3.05) is 13.7 Å². The monoisotopic (exact) mass is 306 g/mol. The number of methoxy groups -OCH3 is 1. The highest BCUT2D eigenvalue weighted by molar-refractivity contribution is 5.74. The maximum atomic E-state index is 12.0. The zero-order chi connectivity index (χ0) is 16.8. The molecule has 2 N–H and O–H groups in total. The van der Waals surface area contributed by atoms with Crippen LogP contribution in [-0.2, 0) is 6.42 Å². The maximum Gasteiger partial charge on any atom is 0.315 e. The van der Waals surface area contributed by atoms with Crippen LogP contribution in [-0.4, -0.2) is 25.2 Å². The summed E-state index contributed by atoms with van der Waals surface area (Å²) in [5.74, 6) is 0.859. The SMILES string of the molecule is COc1ccccc1CCNC(=O)NC(C)(C)CC(C)(C)C. The van der Waals surface area contributed by atoms with Crippen molar-refractivity contribution in [1.29, 1.82) is 0 Å². The topological polar surface area (TPSA) is 50.4 Å². The predicted molar refractivity (Wildman–Crippen MR) is 91.4 cm³/mol. The van der Waals surface area contributed by atoms with E-state index < -0.39 is 0 Å². The summed E-state index contributed by atoms with van der Waals surface area (Å²) in [6, 6.07) is 7.75. The molecule has 22 heavy (non-hydrogen) atoms. The van der Waals surface area contributed by atoms with E-state index in [-0.39, 0.29) is 17.0 Å². The molecule has 1 aromatic carbocycles. The third kappa shape index (κ3) is 6.83. The Balaban J connectivity index is 2.43. The van der Waals surface area contributed by atoms with Gasteiger partial charge in [-0.05, 0) is 43.7 Å². The number of ether oxygens (including phenoxy) is 1. The summed E-state index contributed by atoms with van der Waals surface area (Å²) < 4.78 is 5.31. The second kappa shape index (κ2) is 7.52. The minimum Gasteiger partial charge on any atom is -0.496 e. The van der Waals surface area contributed by atoms with Crippen molar-refractivity contribution in [2.24, 2.45) is 5.41 Å². The number of nitrogens with one attached hydrogen (secondary N) is 2. The number of amides is 2. The number of carbonyl (C=O) groups excluding carboxylic acids is 1. The number of hydrogen-bond acceptors (Lipinski definition) is 2. The molecule has 0 aliphatic rings. The molecule has 0 heterocycles. The zero-order valence-electron chi connectivity index (χ0n) is 14.7. The number of urea groups is 1. The lowest BCUT2D eigenvalue weighted by molar-refractivity contribution is 0.210. The molecule has 124 valence electrons. The standard InChI is InChI=1S/C18H30N2O2/c1-17(2,3)13-18(4,5)20-16(21)19-12-11-14-9-7-8-10-15(14)22-6/h7-10H,11-13H2,1-6H3,(H2,19,20,21). The van der Waals surface area contributed by atoms with Gasteiger partial charge < -0.3 is 15.4 Å². The molecule has 0 spiro atoms. The summed E-state index contributed by atoms with van der Waals surface area (Å²) >= 11 is 0. The largest absolute Gasteiger partial charge is 0.496 e. The summed E-state index contributed by atoms with van der Waals surface area (Å²) in [5, 5.41) is 5.97. The fourth-order valence-electron chi connectivity index (χ4n) is 2.94. The number of para-hydroxylation sites is 1. The van der Waals surface area contributed by atoms with Crippen LogP contribution in [0.4, 0.5) is 4.79 Å². The van der Waals surface area contributed by atoms with Crippen molar-refractivity contribution >= 4 is 6.03 Å². The van der Waals surface area contributed by atoms with Crippen LogP contribution in [0, 0.1) is 5.41 Å². The third-order valence-corrected chi connectivity index (χ3v) is 3.30. The Morgan fingerprint density at radius 1 is 1.14 bits per heavy atom. The van der Waals surface area contributed by atoms with Crippen LogP contribution in [0.2, 0.25) is 0 Å². The van der Waals surface area contributed by atoms with E-state index >= 15 is 0 Å². The fraction of sp³-hybridized carbons (Fsp3) is 0.611. The van der Waals surface area contributed by atoms with Crippen LogP contribution in [0.1, 0.15) is 46.6 Å². The molecule has 0 atom stereocenters. The molecular formula is C18H30N2O2. The van der Waals surface area contributed by atoms with Crippen molar-refractivity contribution in [1.82, 2.24) is 10.6 Å². The number of benzene rings is 1. The normalized spacial score (nSPS) is 11.9. The average Bonchev–Trinajstić information content (AvgIpc) is 2.35. The summed E-state index contributed by atoms with van der Waals surface area (Å²) in [6.07, 6.45) is 1.66. The molecular weight excluding hydrogens is 276 g/mol. The van der Waals surface area contributed by atoms with E-state index in [1.165, 1.54) is 0 Å². The Morgan fingerprint density at radius 2 is 1.77 bits per heavy atom. The average molecular weight is 306 g/mol. The number of carbonyl (C=O) groups is 1. The molecule has 0 aliphatic carbocycles. The summed E-state index contributed by atoms with van der Waals surface area (Å²) in [5.41, 5.74) is 1.04. The molecule has 4 heteroatoms. The molecule has 0 radical (unpaired) electrons. The van der Waals surface area contributed by atoms with E-state index in [4.69, 9.17) is 4.74 Å².